The number of amides is 1. The number of fused-ring (bicyclic) bond motifs is 3. The minimum absolute atomic E-state index is 0.176. The zero-order valence-corrected chi connectivity index (χ0v) is 18.9. The molecule has 1 N–H and O–H groups in total. The Balaban J connectivity index is 1.77. The number of halogens is 1. The van der Waals surface area contributed by atoms with E-state index in [0.717, 1.165) is 11.3 Å². The van der Waals surface area contributed by atoms with E-state index in [1.54, 1.807) is 30.0 Å². The maximum atomic E-state index is 14.5. The van der Waals surface area contributed by atoms with Gasteiger partial charge >= 0.3 is 12.1 Å². The molecule has 0 spiro atoms. The number of benzene rings is 2. The Labute approximate surface area is 187 Å². The first-order chi connectivity index (χ1) is 15.2. The molecule has 0 radical (unpaired) electrons. The number of ether oxygens (including phenoxy) is 2. The number of esters is 1. The number of nitrogens with zero attached hydrogens (tertiary/aromatic N) is 1. The van der Waals surface area contributed by atoms with Crippen molar-refractivity contribution >= 4 is 17.7 Å². The molecule has 2 heterocycles. The average Bonchev–Trinajstić information content (AvgIpc) is 3.18. The highest BCUT2D eigenvalue weighted by atomic mass is 19.1. The number of anilines is 1. The van der Waals surface area contributed by atoms with Gasteiger partial charge in [0.2, 0.25) is 0 Å². The third kappa shape index (κ3) is 4.16. The first-order valence-corrected chi connectivity index (χ1v) is 11.0. The van der Waals surface area contributed by atoms with E-state index in [1.807, 2.05) is 39.0 Å². The number of carbonyl (C=O) groups is 2. The quantitative estimate of drug-likeness (QED) is 0.669. The molecule has 2 aliphatic rings. The van der Waals surface area contributed by atoms with Crippen LogP contribution < -0.4 is 5.32 Å². The lowest BCUT2D eigenvalue weighted by Crippen LogP contribution is -2.46. The first kappa shape index (κ1) is 22.1. The Morgan fingerprint density at radius 1 is 1.19 bits per heavy atom. The van der Waals surface area contributed by atoms with E-state index in [4.69, 9.17) is 9.47 Å². The second-order valence-electron chi connectivity index (χ2n) is 9.23. The van der Waals surface area contributed by atoms with Crippen LogP contribution in [-0.4, -0.2) is 41.8 Å². The van der Waals surface area contributed by atoms with Crippen LogP contribution in [0.1, 0.15) is 45.7 Å². The van der Waals surface area contributed by atoms with Gasteiger partial charge in [-0.3, -0.25) is 0 Å². The van der Waals surface area contributed by atoms with Crippen molar-refractivity contribution < 1.29 is 23.5 Å². The highest BCUT2D eigenvalue weighted by Gasteiger charge is 2.49. The number of nitrogens with one attached hydrogen (secondary N) is 1. The van der Waals surface area contributed by atoms with Crippen LogP contribution in [0, 0.1) is 11.7 Å². The van der Waals surface area contributed by atoms with E-state index >= 15 is 0 Å². The largest absolute Gasteiger partial charge is 0.464 e. The predicted molar refractivity (Wildman–Crippen MR) is 120 cm³/mol. The Bertz CT molecular complexity index is 1030. The molecule has 1 amide bonds. The van der Waals surface area contributed by atoms with Gasteiger partial charge in [-0.2, -0.15) is 0 Å². The van der Waals surface area contributed by atoms with Gasteiger partial charge in [0.25, 0.3) is 0 Å². The lowest BCUT2D eigenvalue weighted by molar-refractivity contribution is -0.145. The van der Waals surface area contributed by atoms with Gasteiger partial charge in [0.15, 0.2) is 0 Å². The van der Waals surface area contributed by atoms with Gasteiger partial charge in [0.05, 0.1) is 12.6 Å². The van der Waals surface area contributed by atoms with Gasteiger partial charge in [-0.15, -0.1) is 0 Å². The zero-order valence-electron chi connectivity index (χ0n) is 18.9. The van der Waals surface area contributed by atoms with Gasteiger partial charge in [-0.25, -0.2) is 14.0 Å². The molecule has 32 heavy (non-hydrogen) atoms. The Morgan fingerprint density at radius 2 is 1.94 bits per heavy atom. The van der Waals surface area contributed by atoms with E-state index < -0.39 is 17.7 Å². The van der Waals surface area contributed by atoms with Crippen LogP contribution in [0.5, 0.6) is 0 Å². The van der Waals surface area contributed by atoms with E-state index in [-0.39, 0.29) is 30.4 Å². The standard InChI is InChI=1S/C25H29FN2O4/c1-5-31-23(29)21-17-12-13-28(24(30)32-25(2,3)4)22(17)18-14-15(10-11-20(18)27-21)16-8-6-7-9-19(16)26/h6-11,14,17,21-22,27H,5,12-13H2,1-4H3/t17-,21+,22-/m1/s1. The molecule has 0 bridgehead atoms. The second-order valence-corrected chi connectivity index (χ2v) is 9.23. The van der Waals surface area contributed by atoms with Crippen LogP contribution >= 0.6 is 0 Å². The summed E-state index contributed by atoms with van der Waals surface area (Å²) in [6.07, 6.45) is 0.209. The molecule has 3 atom stereocenters. The van der Waals surface area contributed by atoms with Gasteiger partial charge in [0.1, 0.15) is 17.5 Å². The number of likely N-dealkylation sites (tertiary alicyclic amines) is 1. The summed E-state index contributed by atoms with van der Waals surface area (Å²) in [5.41, 5.74) is 2.15. The Kier molecular flexibility index (Phi) is 5.84. The highest BCUT2D eigenvalue weighted by molar-refractivity contribution is 5.83. The lowest BCUT2D eigenvalue weighted by atomic mass is 9.82. The van der Waals surface area contributed by atoms with E-state index in [1.165, 1.54) is 6.07 Å². The van der Waals surface area contributed by atoms with Crippen LogP contribution in [0.25, 0.3) is 11.1 Å². The monoisotopic (exact) mass is 440 g/mol. The van der Waals surface area contributed by atoms with Gasteiger partial charge < -0.3 is 19.7 Å². The molecular formula is C25H29FN2O4. The number of carbonyl (C=O) groups excluding carboxylic acids is 2. The molecule has 2 aliphatic heterocycles. The predicted octanol–water partition coefficient (Wildman–Crippen LogP) is 5.15. The van der Waals surface area contributed by atoms with Gasteiger partial charge in [-0.05, 0) is 63.4 Å². The molecule has 6 nitrogen and oxygen atoms in total. The SMILES string of the molecule is CCOC(=O)[C@H]1Nc2ccc(-c3ccccc3F)cc2[C@H]2[C@@H]1CCN2C(=O)OC(C)(C)C. The summed E-state index contributed by atoms with van der Waals surface area (Å²) in [6, 6.07) is 11.2. The summed E-state index contributed by atoms with van der Waals surface area (Å²) in [5.74, 6) is -0.824. The Hall–Kier alpha value is -3.09. The molecule has 1 fully saturated rings. The molecule has 0 aliphatic carbocycles. The number of rotatable bonds is 3. The second kappa shape index (κ2) is 8.45. The smallest absolute Gasteiger partial charge is 0.410 e. The number of hydrogen-bond acceptors (Lipinski definition) is 5. The van der Waals surface area contributed by atoms with Crippen LogP contribution in [0.4, 0.5) is 14.9 Å². The van der Waals surface area contributed by atoms with Crippen molar-refractivity contribution in [1.82, 2.24) is 4.90 Å². The minimum atomic E-state index is -0.638. The molecule has 2 aromatic carbocycles. The van der Waals surface area contributed by atoms with Crippen LogP contribution in [-0.2, 0) is 14.3 Å². The van der Waals surface area contributed by atoms with E-state index in [9.17, 15) is 14.0 Å². The summed E-state index contributed by atoms with van der Waals surface area (Å²) in [7, 11) is 0. The molecule has 4 rings (SSSR count). The van der Waals surface area contributed by atoms with Crippen LogP contribution in [0.15, 0.2) is 42.5 Å². The van der Waals surface area contributed by atoms with Crippen molar-refractivity contribution in [2.45, 2.75) is 51.8 Å². The molecule has 170 valence electrons. The summed E-state index contributed by atoms with van der Waals surface area (Å²) >= 11 is 0. The summed E-state index contributed by atoms with van der Waals surface area (Å²) in [6.45, 7) is 7.99. The molecule has 0 unspecified atom stereocenters. The average molecular weight is 441 g/mol. The summed E-state index contributed by atoms with van der Waals surface area (Å²) < 4.78 is 25.4. The zero-order chi connectivity index (χ0) is 23.0. The van der Waals surface area contributed by atoms with Crippen molar-refractivity contribution in [3.8, 4) is 11.1 Å². The van der Waals surface area contributed by atoms with Crippen molar-refractivity contribution in [2.75, 3.05) is 18.5 Å². The fraction of sp³-hybridized carbons (Fsp3) is 0.440. The third-order valence-electron chi connectivity index (χ3n) is 5.91. The Morgan fingerprint density at radius 3 is 2.62 bits per heavy atom. The fourth-order valence-electron chi connectivity index (χ4n) is 4.63. The topological polar surface area (TPSA) is 67.9 Å². The molecule has 2 aromatic rings. The summed E-state index contributed by atoms with van der Waals surface area (Å²) in [5, 5.41) is 3.31. The van der Waals surface area contributed by atoms with Gasteiger partial charge in [-0.1, -0.05) is 24.3 Å². The fourth-order valence-corrected chi connectivity index (χ4v) is 4.63. The first-order valence-electron chi connectivity index (χ1n) is 11.0. The molecule has 0 aromatic heterocycles. The van der Waals surface area contributed by atoms with Crippen molar-refractivity contribution in [1.29, 1.82) is 0 Å². The van der Waals surface area contributed by atoms with Crippen LogP contribution in [0.2, 0.25) is 0 Å². The minimum Gasteiger partial charge on any atom is -0.464 e. The molecule has 7 heteroatoms. The normalized spacial score (nSPS) is 21.9. The van der Waals surface area contributed by atoms with E-state index in [2.05, 4.69) is 5.32 Å². The maximum Gasteiger partial charge on any atom is 0.410 e. The van der Waals surface area contributed by atoms with Gasteiger partial charge in [0, 0.05) is 23.7 Å². The van der Waals surface area contributed by atoms with Crippen LogP contribution in [0.3, 0.4) is 0 Å². The molecule has 0 saturated carbocycles. The maximum absolute atomic E-state index is 14.5. The lowest BCUT2D eigenvalue weighted by Gasteiger charge is -2.39. The van der Waals surface area contributed by atoms with Crippen molar-refractivity contribution in [3.63, 3.8) is 0 Å². The van der Waals surface area contributed by atoms with Crippen molar-refractivity contribution in [3.05, 3.63) is 53.8 Å². The molecular weight excluding hydrogens is 411 g/mol. The highest BCUT2D eigenvalue weighted by Crippen LogP contribution is 2.48. The number of hydrogen-bond donors (Lipinski definition) is 1. The van der Waals surface area contributed by atoms with E-state index in [0.29, 0.717) is 24.1 Å². The van der Waals surface area contributed by atoms with Crippen molar-refractivity contribution in [2.24, 2.45) is 5.92 Å². The summed E-state index contributed by atoms with van der Waals surface area (Å²) in [4.78, 5) is 27.5. The third-order valence-corrected chi connectivity index (χ3v) is 5.91. The molecule has 1 saturated heterocycles.